The van der Waals surface area contributed by atoms with Crippen molar-refractivity contribution >= 4 is 11.9 Å². The average Bonchev–Trinajstić information content (AvgIpc) is 2.99. The van der Waals surface area contributed by atoms with Crippen LogP contribution in [0.3, 0.4) is 0 Å². The zero-order valence-corrected chi connectivity index (χ0v) is 15.4. The molecule has 0 aromatic carbocycles. The van der Waals surface area contributed by atoms with Crippen LogP contribution in [0, 0.1) is 17.8 Å². The van der Waals surface area contributed by atoms with Crippen molar-refractivity contribution in [1.82, 2.24) is 5.32 Å². The van der Waals surface area contributed by atoms with Crippen molar-refractivity contribution in [3.05, 3.63) is 0 Å². The molecule has 134 valence electrons. The molecule has 0 aromatic heterocycles. The maximum absolute atomic E-state index is 12.2. The van der Waals surface area contributed by atoms with Gasteiger partial charge in [-0.2, -0.15) is 0 Å². The first-order chi connectivity index (χ1) is 10.9. The van der Waals surface area contributed by atoms with Gasteiger partial charge in [-0.1, -0.05) is 53.4 Å². The van der Waals surface area contributed by atoms with E-state index >= 15 is 0 Å². The summed E-state index contributed by atoms with van der Waals surface area (Å²) in [5, 5.41) is 2.88. The van der Waals surface area contributed by atoms with E-state index in [1.165, 1.54) is 25.7 Å². The lowest BCUT2D eigenvalue weighted by Gasteiger charge is -2.21. The summed E-state index contributed by atoms with van der Waals surface area (Å²) in [6.45, 7) is 8.64. The highest BCUT2D eigenvalue weighted by Crippen LogP contribution is 2.28. The normalized spacial score (nSPS) is 16.8. The summed E-state index contributed by atoms with van der Waals surface area (Å²) < 4.78 is 5.34. The monoisotopic (exact) mass is 325 g/mol. The Morgan fingerprint density at radius 2 is 1.78 bits per heavy atom. The molecule has 1 amide bonds. The fourth-order valence-electron chi connectivity index (χ4n) is 3.13. The Kier molecular flexibility index (Phi) is 9.27. The summed E-state index contributed by atoms with van der Waals surface area (Å²) in [5.74, 6) is 1.04. The minimum atomic E-state index is -0.523. The van der Waals surface area contributed by atoms with Crippen LogP contribution < -0.4 is 5.32 Å². The van der Waals surface area contributed by atoms with Crippen LogP contribution in [0.1, 0.15) is 79.1 Å². The van der Waals surface area contributed by atoms with Crippen LogP contribution in [0.5, 0.6) is 0 Å². The zero-order valence-electron chi connectivity index (χ0n) is 15.4. The third-order valence-corrected chi connectivity index (χ3v) is 4.66. The number of nitrogens with one attached hydrogen (secondary N) is 1. The molecule has 4 nitrogen and oxygen atoms in total. The highest BCUT2D eigenvalue weighted by molar-refractivity contribution is 5.84. The molecule has 1 unspecified atom stereocenters. The van der Waals surface area contributed by atoms with Crippen LogP contribution >= 0.6 is 0 Å². The lowest BCUT2D eigenvalue weighted by molar-refractivity contribution is -0.149. The predicted molar refractivity (Wildman–Crippen MR) is 93.0 cm³/mol. The van der Waals surface area contributed by atoms with Gasteiger partial charge in [0, 0.05) is 6.42 Å². The number of hydrogen-bond donors (Lipinski definition) is 1. The standard InChI is InChI=1S/C19H35NO3/c1-14(2)8-7-13-23-19(22)18(15(3)4)20-17(21)12-11-16-9-5-6-10-16/h14-16,18H,5-13H2,1-4H3,(H,20,21). The van der Waals surface area contributed by atoms with E-state index in [-0.39, 0.29) is 17.8 Å². The molecular formula is C19H35NO3. The second-order valence-electron chi connectivity index (χ2n) is 7.68. The molecule has 1 N–H and O–H groups in total. The fraction of sp³-hybridized carbons (Fsp3) is 0.895. The SMILES string of the molecule is CC(C)CCCOC(=O)C(NC(=O)CCC1CCCC1)C(C)C. The summed E-state index contributed by atoms with van der Waals surface area (Å²) in [4.78, 5) is 24.3. The molecule has 1 atom stereocenters. The molecule has 0 bridgehead atoms. The van der Waals surface area contributed by atoms with E-state index < -0.39 is 6.04 Å². The molecule has 0 aliphatic heterocycles. The molecule has 1 aliphatic rings. The van der Waals surface area contributed by atoms with Gasteiger partial charge >= 0.3 is 5.97 Å². The molecule has 1 aliphatic carbocycles. The van der Waals surface area contributed by atoms with Crippen LogP contribution in [0.4, 0.5) is 0 Å². The van der Waals surface area contributed by atoms with Crippen LogP contribution in [0.15, 0.2) is 0 Å². The van der Waals surface area contributed by atoms with E-state index in [0.717, 1.165) is 19.3 Å². The Balaban J connectivity index is 2.31. The van der Waals surface area contributed by atoms with Crippen LogP contribution in [-0.2, 0) is 14.3 Å². The summed E-state index contributed by atoms with van der Waals surface area (Å²) in [7, 11) is 0. The van der Waals surface area contributed by atoms with E-state index in [9.17, 15) is 9.59 Å². The van der Waals surface area contributed by atoms with Crippen molar-refractivity contribution in [2.75, 3.05) is 6.61 Å². The maximum atomic E-state index is 12.2. The van der Waals surface area contributed by atoms with Gasteiger partial charge in [-0.05, 0) is 37.0 Å². The van der Waals surface area contributed by atoms with Gasteiger partial charge in [0.2, 0.25) is 5.91 Å². The molecule has 0 spiro atoms. The first-order valence-corrected chi connectivity index (χ1v) is 9.36. The molecule has 1 fully saturated rings. The lowest BCUT2D eigenvalue weighted by Crippen LogP contribution is -2.45. The van der Waals surface area contributed by atoms with Crippen molar-refractivity contribution in [2.24, 2.45) is 17.8 Å². The van der Waals surface area contributed by atoms with Gasteiger partial charge in [0.1, 0.15) is 6.04 Å². The van der Waals surface area contributed by atoms with Gasteiger partial charge in [0.25, 0.3) is 0 Å². The Labute approximate surface area is 141 Å². The van der Waals surface area contributed by atoms with Crippen molar-refractivity contribution < 1.29 is 14.3 Å². The molecular weight excluding hydrogens is 290 g/mol. The quantitative estimate of drug-likeness (QED) is 0.486. The lowest BCUT2D eigenvalue weighted by atomic mass is 10.0. The molecule has 4 heteroatoms. The zero-order chi connectivity index (χ0) is 17.2. The molecule has 0 heterocycles. The molecule has 0 saturated heterocycles. The maximum Gasteiger partial charge on any atom is 0.328 e. The van der Waals surface area contributed by atoms with E-state index in [2.05, 4.69) is 19.2 Å². The summed E-state index contributed by atoms with van der Waals surface area (Å²) >= 11 is 0. The number of esters is 1. The van der Waals surface area contributed by atoms with Crippen LogP contribution in [0.25, 0.3) is 0 Å². The molecule has 0 radical (unpaired) electrons. The number of ether oxygens (including phenoxy) is 1. The molecule has 0 aromatic rings. The largest absolute Gasteiger partial charge is 0.464 e. The van der Waals surface area contributed by atoms with E-state index in [1.54, 1.807) is 0 Å². The van der Waals surface area contributed by atoms with E-state index in [0.29, 0.717) is 24.9 Å². The van der Waals surface area contributed by atoms with Gasteiger partial charge in [0.05, 0.1) is 6.61 Å². The van der Waals surface area contributed by atoms with Crippen LogP contribution in [-0.4, -0.2) is 24.5 Å². The Hall–Kier alpha value is -1.06. The van der Waals surface area contributed by atoms with Gasteiger partial charge in [-0.25, -0.2) is 4.79 Å². The molecule has 1 saturated carbocycles. The van der Waals surface area contributed by atoms with Crippen molar-refractivity contribution in [3.8, 4) is 0 Å². The number of carbonyl (C=O) groups excluding carboxylic acids is 2. The Morgan fingerprint density at radius 1 is 1.13 bits per heavy atom. The predicted octanol–water partition coefficient (Wildman–Crippen LogP) is 4.08. The topological polar surface area (TPSA) is 55.4 Å². The summed E-state index contributed by atoms with van der Waals surface area (Å²) in [5.41, 5.74) is 0. The number of rotatable bonds is 10. The first-order valence-electron chi connectivity index (χ1n) is 9.36. The average molecular weight is 325 g/mol. The fourth-order valence-corrected chi connectivity index (χ4v) is 3.13. The molecule has 1 rings (SSSR count). The van der Waals surface area contributed by atoms with E-state index in [4.69, 9.17) is 4.74 Å². The summed E-state index contributed by atoms with van der Waals surface area (Å²) in [6.07, 6.45) is 8.48. The minimum absolute atomic E-state index is 0.0188. The second kappa shape index (κ2) is 10.7. The number of hydrogen-bond acceptors (Lipinski definition) is 3. The van der Waals surface area contributed by atoms with E-state index in [1.807, 2.05) is 13.8 Å². The smallest absolute Gasteiger partial charge is 0.328 e. The Morgan fingerprint density at radius 3 is 2.35 bits per heavy atom. The highest BCUT2D eigenvalue weighted by atomic mass is 16.5. The third-order valence-electron chi connectivity index (χ3n) is 4.66. The minimum Gasteiger partial charge on any atom is -0.464 e. The van der Waals surface area contributed by atoms with Crippen molar-refractivity contribution in [2.45, 2.75) is 85.1 Å². The second-order valence-corrected chi connectivity index (χ2v) is 7.68. The van der Waals surface area contributed by atoms with Gasteiger partial charge < -0.3 is 10.1 Å². The molecule has 23 heavy (non-hydrogen) atoms. The number of carbonyl (C=O) groups is 2. The van der Waals surface area contributed by atoms with Gasteiger partial charge in [-0.15, -0.1) is 0 Å². The number of amides is 1. The summed E-state index contributed by atoms with van der Waals surface area (Å²) in [6, 6.07) is -0.523. The van der Waals surface area contributed by atoms with Crippen molar-refractivity contribution in [3.63, 3.8) is 0 Å². The van der Waals surface area contributed by atoms with Crippen LogP contribution in [0.2, 0.25) is 0 Å². The van der Waals surface area contributed by atoms with Gasteiger partial charge in [-0.3, -0.25) is 4.79 Å². The third kappa shape index (κ3) is 8.38. The first kappa shape index (κ1) is 20.0. The highest BCUT2D eigenvalue weighted by Gasteiger charge is 2.26. The van der Waals surface area contributed by atoms with Gasteiger partial charge in [0.15, 0.2) is 0 Å². The Bertz CT molecular complexity index is 360. The van der Waals surface area contributed by atoms with Crippen molar-refractivity contribution in [1.29, 1.82) is 0 Å².